The Labute approximate surface area is 97.2 Å². The standard InChI is InChI=1S/C10H12N2O5/c13-5-6-17-9-3-1-8(2-4-9)11-10(14)7-12(15)16/h1-4,13H,5-7H2,(H,11,14). The molecular weight excluding hydrogens is 228 g/mol. The summed E-state index contributed by atoms with van der Waals surface area (Å²) >= 11 is 0. The molecule has 0 radical (unpaired) electrons. The molecule has 92 valence electrons. The molecule has 1 aromatic rings. The van der Waals surface area contributed by atoms with Crippen LogP contribution in [0.4, 0.5) is 5.69 Å². The predicted octanol–water partition coefficient (Wildman–Crippen LogP) is 0.273. The second kappa shape index (κ2) is 6.44. The normalized spacial score (nSPS) is 9.71. The van der Waals surface area contributed by atoms with Crippen LogP contribution in [0.2, 0.25) is 0 Å². The van der Waals surface area contributed by atoms with Crippen molar-refractivity contribution in [2.45, 2.75) is 0 Å². The Morgan fingerprint density at radius 2 is 2.06 bits per heavy atom. The first kappa shape index (κ1) is 12.9. The molecule has 0 fully saturated rings. The van der Waals surface area contributed by atoms with Crippen molar-refractivity contribution in [1.29, 1.82) is 0 Å². The Kier molecular flexibility index (Phi) is 4.89. The van der Waals surface area contributed by atoms with E-state index in [1.165, 1.54) is 0 Å². The summed E-state index contributed by atoms with van der Waals surface area (Å²) in [6.45, 7) is -0.656. The molecule has 1 amide bonds. The molecule has 7 nitrogen and oxygen atoms in total. The molecule has 0 spiro atoms. The highest BCUT2D eigenvalue weighted by Gasteiger charge is 2.09. The monoisotopic (exact) mass is 240 g/mol. The van der Waals surface area contributed by atoms with Gasteiger partial charge in [0.05, 0.1) is 6.61 Å². The third kappa shape index (κ3) is 4.94. The number of anilines is 1. The molecule has 0 saturated heterocycles. The van der Waals surface area contributed by atoms with Gasteiger partial charge in [0.2, 0.25) is 0 Å². The number of nitro groups is 1. The molecule has 0 aliphatic rings. The highest BCUT2D eigenvalue weighted by molar-refractivity contribution is 5.91. The number of ether oxygens (including phenoxy) is 1. The average Bonchev–Trinajstić information content (AvgIpc) is 2.27. The summed E-state index contributed by atoms with van der Waals surface area (Å²) < 4.78 is 5.11. The van der Waals surface area contributed by atoms with Crippen LogP contribution >= 0.6 is 0 Å². The first-order valence-corrected chi connectivity index (χ1v) is 4.87. The Hall–Kier alpha value is -2.15. The molecule has 0 saturated carbocycles. The molecular formula is C10H12N2O5. The van der Waals surface area contributed by atoms with Gasteiger partial charge in [0.25, 0.3) is 12.5 Å². The van der Waals surface area contributed by atoms with Gasteiger partial charge in [-0.2, -0.15) is 0 Å². The van der Waals surface area contributed by atoms with Crippen LogP contribution in [0.5, 0.6) is 5.75 Å². The number of rotatable bonds is 6. The summed E-state index contributed by atoms with van der Waals surface area (Å²) in [6, 6.07) is 6.31. The smallest absolute Gasteiger partial charge is 0.296 e. The predicted molar refractivity (Wildman–Crippen MR) is 59.5 cm³/mol. The third-order valence-corrected chi connectivity index (χ3v) is 1.77. The molecule has 0 aliphatic carbocycles. The number of hydrogen-bond acceptors (Lipinski definition) is 5. The molecule has 0 bridgehead atoms. The SMILES string of the molecule is O=C(C[N+](=O)[O-])Nc1ccc(OCCO)cc1. The van der Waals surface area contributed by atoms with E-state index in [1.807, 2.05) is 0 Å². The van der Waals surface area contributed by atoms with Gasteiger partial charge in [-0.25, -0.2) is 0 Å². The summed E-state index contributed by atoms with van der Waals surface area (Å²) in [5.41, 5.74) is 0.452. The van der Waals surface area contributed by atoms with Crippen molar-refractivity contribution in [2.24, 2.45) is 0 Å². The zero-order chi connectivity index (χ0) is 12.7. The third-order valence-electron chi connectivity index (χ3n) is 1.77. The number of hydrogen-bond donors (Lipinski definition) is 2. The Bertz CT molecular complexity index is 390. The number of carbonyl (C=O) groups excluding carboxylic acids is 1. The fourth-order valence-electron chi connectivity index (χ4n) is 1.12. The van der Waals surface area contributed by atoms with Crippen molar-refractivity contribution < 1.29 is 19.6 Å². The Balaban J connectivity index is 2.50. The number of amides is 1. The Morgan fingerprint density at radius 3 is 2.59 bits per heavy atom. The number of nitrogens with zero attached hydrogens (tertiary/aromatic N) is 1. The van der Waals surface area contributed by atoms with Gasteiger partial charge in [-0.1, -0.05) is 0 Å². The lowest BCUT2D eigenvalue weighted by molar-refractivity contribution is -0.467. The molecule has 0 heterocycles. The van der Waals surface area contributed by atoms with Crippen LogP contribution in [0.1, 0.15) is 0 Å². The van der Waals surface area contributed by atoms with Crippen LogP contribution in [0.15, 0.2) is 24.3 Å². The van der Waals surface area contributed by atoms with E-state index < -0.39 is 17.4 Å². The van der Waals surface area contributed by atoms with Gasteiger partial charge in [-0.3, -0.25) is 14.9 Å². The van der Waals surface area contributed by atoms with Gasteiger partial charge in [0.15, 0.2) is 0 Å². The van der Waals surface area contributed by atoms with E-state index in [0.717, 1.165) is 0 Å². The molecule has 0 unspecified atom stereocenters. The molecule has 0 aliphatic heterocycles. The lowest BCUT2D eigenvalue weighted by Crippen LogP contribution is -2.21. The highest BCUT2D eigenvalue weighted by Crippen LogP contribution is 2.15. The number of aliphatic hydroxyl groups is 1. The second-order valence-electron chi connectivity index (χ2n) is 3.14. The number of carbonyl (C=O) groups is 1. The van der Waals surface area contributed by atoms with Crippen molar-refractivity contribution in [3.05, 3.63) is 34.4 Å². The Morgan fingerprint density at radius 1 is 1.41 bits per heavy atom. The molecule has 17 heavy (non-hydrogen) atoms. The number of benzene rings is 1. The van der Waals surface area contributed by atoms with Crippen molar-refractivity contribution in [3.8, 4) is 5.75 Å². The number of nitrogens with one attached hydrogen (secondary N) is 1. The molecule has 7 heteroatoms. The van der Waals surface area contributed by atoms with E-state index >= 15 is 0 Å². The van der Waals surface area contributed by atoms with Crippen molar-refractivity contribution in [2.75, 3.05) is 25.1 Å². The average molecular weight is 240 g/mol. The molecule has 0 aromatic heterocycles. The molecule has 2 N–H and O–H groups in total. The maximum atomic E-state index is 11.1. The van der Waals surface area contributed by atoms with Crippen molar-refractivity contribution >= 4 is 11.6 Å². The highest BCUT2D eigenvalue weighted by atomic mass is 16.6. The first-order chi connectivity index (χ1) is 8.11. The van der Waals surface area contributed by atoms with E-state index in [-0.39, 0.29) is 13.2 Å². The van der Waals surface area contributed by atoms with Gasteiger partial charge in [-0.05, 0) is 24.3 Å². The lowest BCUT2D eigenvalue weighted by Gasteiger charge is -2.06. The summed E-state index contributed by atoms with van der Waals surface area (Å²) in [7, 11) is 0. The fourth-order valence-corrected chi connectivity index (χ4v) is 1.12. The summed E-state index contributed by atoms with van der Waals surface area (Å²) in [5.74, 6) is -0.134. The van der Waals surface area contributed by atoms with Crippen molar-refractivity contribution in [3.63, 3.8) is 0 Å². The molecule has 1 rings (SSSR count). The van der Waals surface area contributed by atoms with Gasteiger partial charge in [-0.15, -0.1) is 0 Å². The minimum absolute atomic E-state index is 0.0820. The minimum atomic E-state index is -0.761. The summed E-state index contributed by atoms with van der Waals surface area (Å²) in [4.78, 5) is 20.4. The zero-order valence-corrected chi connectivity index (χ0v) is 8.96. The van der Waals surface area contributed by atoms with E-state index in [4.69, 9.17) is 9.84 Å². The van der Waals surface area contributed by atoms with Crippen LogP contribution in [-0.2, 0) is 4.79 Å². The second-order valence-corrected chi connectivity index (χ2v) is 3.14. The van der Waals surface area contributed by atoms with Crippen LogP contribution in [0.3, 0.4) is 0 Å². The van der Waals surface area contributed by atoms with Crippen LogP contribution in [0.25, 0.3) is 0 Å². The van der Waals surface area contributed by atoms with Crippen molar-refractivity contribution in [1.82, 2.24) is 0 Å². The van der Waals surface area contributed by atoms with E-state index in [2.05, 4.69) is 5.32 Å². The van der Waals surface area contributed by atoms with E-state index in [0.29, 0.717) is 11.4 Å². The quantitative estimate of drug-likeness (QED) is 0.549. The largest absolute Gasteiger partial charge is 0.491 e. The van der Waals surface area contributed by atoms with Gasteiger partial charge < -0.3 is 15.2 Å². The number of aliphatic hydroxyl groups excluding tert-OH is 1. The summed E-state index contributed by atoms with van der Waals surface area (Å²) in [6.07, 6.45) is 0. The van der Waals surface area contributed by atoms with E-state index in [1.54, 1.807) is 24.3 Å². The van der Waals surface area contributed by atoms with Crippen LogP contribution in [0, 0.1) is 10.1 Å². The van der Waals surface area contributed by atoms with E-state index in [9.17, 15) is 14.9 Å². The lowest BCUT2D eigenvalue weighted by atomic mass is 10.3. The first-order valence-electron chi connectivity index (χ1n) is 4.87. The van der Waals surface area contributed by atoms with Crippen LogP contribution < -0.4 is 10.1 Å². The zero-order valence-electron chi connectivity index (χ0n) is 8.96. The van der Waals surface area contributed by atoms with Crippen LogP contribution in [-0.4, -0.2) is 35.7 Å². The fraction of sp³-hybridized carbons (Fsp3) is 0.300. The summed E-state index contributed by atoms with van der Waals surface area (Å²) in [5, 5.41) is 21.0. The minimum Gasteiger partial charge on any atom is -0.491 e. The van der Waals surface area contributed by atoms with Gasteiger partial charge in [0, 0.05) is 10.6 Å². The van der Waals surface area contributed by atoms with Gasteiger partial charge in [0.1, 0.15) is 12.4 Å². The maximum absolute atomic E-state index is 11.1. The van der Waals surface area contributed by atoms with Gasteiger partial charge >= 0.3 is 0 Å². The molecule has 0 atom stereocenters. The topological polar surface area (TPSA) is 102 Å². The maximum Gasteiger partial charge on any atom is 0.296 e. The molecule has 1 aromatic carbocycles.